The van der Waals surface area contributed by atoms with E-state index < -0.39 is 17.3 Å². The first kappa shape index (κ1) is 23.1. The first-order valence-electron chi connectivity index (χ1n) is 8.88. The summed E-state index contributed by atoms with van der Waals surface area (Å²) in [6.07, 6.45) is -3.11. The van der Waals surface area contributed by atoms with E-state index in [1.807, 2.05) is 65.9 Å². The fraction of sp³-hybridized carbons (Fsp3) is 0.190. The molecule has 0 saturated heterocycles. The molecule has 3 rings (SSSR count). The summed E-state index contributed by atoms with van der Waals surface area (Å²) in [5, 5.41) is 8.97. The zero-order chi connectivity index (χ0) is 22.6. The Morgan fingerprint density at radius 1 is 1.19 bits per heavy atom. The molecule has 0 bridgehead atoms. The predicted octanol–water partition coefficient (Wildman–Crippen LogP) is 5.77. The van der Waals surface area contributed by atoms with Crippen LogP contribution >= 0.6 is 34.4 Å². The first-order valence-corrected chi connectivity index (χ1v) is 10.8. The Balaban J connectivity index is 1.86. The second kappa shape index (κ2) is 9.74. The van der Waals surface area contributed by atoms with Crippen molar-refractivity contribution in [3.05, 3.63) is 69.2 Å². The van der Waals surface area contributed by atoms with Crippen LogP contribution in [-0.2, 0) is 12.8 Å². The van der Waals surface area contributed by atoms with Crippen molar-refractivity contribution in [1.82, 2.24) is 9.97 Å². The molecule has 0 spiro atoms. The lowest BCUT2D eigenvalue weighted by Crippen LogP contribution is -2.09. The summed E-state index contributed by atoms with van der Waals surface area (Å²) in [5.41, 5.74) is 0.543. The second-order valence-corrected chi connectivity index (χ2v) is 8.66. The zero-order valence-corrected chi connectivity index (χ0v) is 19.4. The van der Waals surface area contributed by atoms with Crippen molar-refractivity contribution in [2.75, 3.05) is 19.0 Å². The number of nitrogens with zero attached hydrogens (tertiary/aromatic N) is 4. The molecular weight excluding hydrogens is 540 g/mol. The molecule has 1 aromatic heterocycles. The SMILES string of the molecule is CN(C)c1cccc(COc2nc(I)ncc2Sc2ccc(C#N)c(C(F)(F)F)c2)c1. The van der Waals surface area contributed by atoms with Crippen LogP contribution in [0.1, 0.15) is 16.7 Å². The molecular formula is C21H16F3IN4OS. The number of aromatic nitrogens is 2. The van der Waals surface area contributed by atoms with Gasteiger partial charge in [0, 0.05) is 53.5 Å². The molecule has 0 fully saturated rings. The molecule has 2 aromatic carbocycles. The van der Waals surface area contributed by atoms with Gasteiger partial charge in [0.2, 0.25) is 5.88 Å². The molecule has 0 aliphatic rings. The van der Waals surface area contributed by atoms with Gasteiger partial charge in [0.1, 0.15) is 6.61 Å². The van der Waals surface area contributed by atoms with Gasteiger partial charge in [-0.3, -0.25) is 0 Å². The standard InChI is InChI=1S/C21H16F3IN4OS/c1-29(2)15-5-3-4-13(8-15)12-30-19-18(11-27-20(25)28-19)31-16-7-6-14(10-26)17(9-16)21(22,23)24/h3-9,11H,12H2,1-2H3. The van der Waals surface area contributed by atoms with E-state index in [4.69, 9.17) is 10.00 Å². The van der Waals surface area contributed by atoms with E-state index >= 15 is 0 Å². The third kappa shape index (κ3) is 6.01. The van der Waals surface area contributed by atoms with Crippen LogP contribution in [0.2, 0.25) is 0 Å². The maximum atomic E-state index is 13.3. The molecule has 10 heteroatoms. The Hall–Kier alpha value is -2.52. The highest BCUT2D eigenvalue weighted by Gasteiger charge is 2.34. The highest BCUT2D eigenvalue weighted by molar-refractivity contribution is 14.1. The van der Waals surface area contributed by atoms with E-state index in [1.54, 1.807) is 6.07 Å². The van der Waals surface area contributed by atoms with E-state index in [2.05, 4.69) is 9.97 Å². The first-order chi connectivity index (χ1) is 14.7. The lowest BCUT2D eigenvalue weighted by Gasteiger charge is -2.15. The summed E-state index contributed by atoms with van der Waals surface area (Å²) in [7, 11) is 3.88. The maximum Gasteiger partial charge on any atom is 0.417 e. The van der Waals surface area contributed by atoms with Gasteiger partial charge < -0.3 is 9.64 Å². The minimum atomic E-state index is -4.62. The lowest BCUT2D eigenvalue weighted by molar-refractivity contribution is -0.137. The number of nitriles is 1. The number of hydrogen-bond acceptors (Lipinski definition) is 6. The Morgan fingerprint density at radius 3 is 2.65 bits per heavy atom. The van der Waals surface area contributed by atoms with Crippen molar-refractivity contribution in [3.63, 3.8) is 0 Å². The highest BCUT2D eigenvalue weighted by atomic mass is 127. The van der Waals surface area contributed by atoms with Crippen LogP contribution in [0.25, 0.3) is 0 Å². The molecule has 0 N–H and O–H groups in total. The fourth-order valence-corrected chi connectivity index (χ4v) is 3.85. The Labute approximate surface area is 195 Å². The van der Waals surface area contributed by atoms with Crippen LogP contribution in [0.3, 0.4) is 0 Å². The molecule has 0 aliphatic carbocycles. The van der Waals surface area contributed by atoms with Crippen molar-refractivity contribution in [1.29, 1.82) is 5.26 Å². The van der Waals surface area contributed by atoms with Gasteiger partial charge in [-0.05, 0) is 35.9 Å². The lowest BCUT2D eigenvalue weighted by atomic mass is 10.1. The predicted molar refractivity (Wildman–Crippen MR) is 120 cm³/mol. The van der Waals surface area contributed by atoms with E-state index in [9.17, 15) is 13.2 Å². The quantitative estimate of drug-likeness (QED) is 0.284. The van der Waals surface area contributed by atoms with Gasteiger partial charge in [0.15, 0.2) is 3.83 Å². The molecule has 31 heavy (non-hydrogen) atoms. The minimum absolute atomic E-state index is 0.240. The van der Waals surface area contributed by atoms with Crippen LogP contribution in [0.5, 0.6) is 5.88 Å². The molecule has 3 aromatic rings. The summed E-state index contributed by atoms with van der Waals surface area (Å²) >= 11 is 2.99. The number of alkyl halides is 3. The fourth-order valence-electron chi connectivity index (χ4n) is 2.63. The molecule has 160 valence electrons. The van der Waals surface area contributed by atoms with Crippen molar-refractivity contribution in [3.8, 4) is 11.9 Å². The smallest absolute Gasteiger partial charge is 0.417 e. The number of halogens is 4. The largest absolute Gasteiger partial charge is 0.472 e. The summed E-state index contributed by atoms with van der Waals surface area (Å²) in [6.45, 7) is 0.240. The normalized spacial score (nSPS) is 11.1. The third-order valence-corrected chi connectivity index (χ3v) is 5.65. The van der Waals surface area contributed by atoms with Gasteiger partial charge in [0.25, 0.3) is 0 Å². The van der Waals surface area contributed by atoms with Crippen molar-refractivity contribution in [2.24, 2.45) is 0 Å². The molecule has 0 aliphatic heterocycles. The van der Waals surface area contributed by atoms with Crippen molar-refractivity contribution < 1.29 is 17.9 Å². The topological polar surface area (TPSA) is 62.0 Å². The Bertz CT molecular complexity index is 1130. The van der Waals surface area contributed by atoms with Crippen LogP contribution in [0.4, 0.5) is 18.9 Å². The molecule has 0 saturated carbocycles. The summed E-state index contributed by atoms with van der Waals surface area (Å²) in [5.74, 6) is 0.276. The van der Waals surface area contributed by atoms with Crippen molar-refractivity contribution >= 4 is 40.0 Å². The summed E-state index contributed by atoms with van der Waals surface area (Å²) in [6, 6.07) is 12.9. The number of ether oxygens (including phenoxy) is 1. The molecule has 0 amide bonds. The van der Waals surface area contributed by atoms with E-state index in [0.717, 1.165) is 35.1 Å². The average molecular weight is 556 g/mol. The monoisotopic (exact) mass is 556 g/mol. The molecule has 1 heterocycles. The summed E-state index contributed by atoms with van der Waals surface area (Å²) in [4.78, 5) is 11.2. The van der Waals surface area contributed by atoms with Gasteiger partial charge in [0.05, 0.1) is 22.1 Å². The maximum absolute atomic E-state index is 13.3. The van der Waals surface area contributed by atoms with Crippen LogP contribution in [-0.4, -0.2) is 24.1 Å². The van der Waals surface area contributed by atoms with E-state index in [1.165, 1.54) is 12.3 Å². The summed E-state index contributed by atoms with van der Waals surface area (Å²) < 4.78 is 46.1. The Kier molecular flexibility index (Phi) is 7.27. The molecule has 5 nitrogen and oxygen atoms in total. The van der Waals surface area contributed by atoms with Crippen LogP contribution < -0.4 is 9.64 Å². The van der Waals surface area contributed by atoms with Gasteiger partial charge in [-0.25, -0.2) is 4.98 Å². The zero-order valence-electron chi connectivity index (χ0n) is 16.4. The van der Waals surface area contributed by atoms with E-state index in [0.29, 0.717) is 13.6 Å². The van der Waals surface area contributed by atoms with Gasteiger partial charge in [-0.1, -0.05) is 23.9 Å². The third-order valence-electron chi connectivity index (χ3n) is 4.14. The average Bonchev–Trinajstić information content (AvgIpc) is 2.73. The number of rotatable bonds is 6. The molecule has 0 atom stereocenters. The van der Waals surface area contributed by atoms with E-state index in [-0.39, 0.29) is 12.5 Å². The second-order valence-electron chi connectivity index (χ2n) is 6.58. The highest BCUT2D eigenvalue weighted by Crippen LogP contribution is 2.38. The molecule has 0 radical (unpaired) electrons. The Morgan fingerprint density at radius 2 is 1.97 bits per heavy atom. The number of benzene rings is 2. The van der Waals surface area contributed by atoms with Gasteiger partial charge >= 0.3 is 6.18 Å². The van der Waals surface area contributed by atoms with Gasteiger partial charge in [-0.15, -0.1) is 0 Å². The minimum Gasteiger partial charge on any atom is -0.472 e. The van der Waals surface area contributed by atoms with Gasteiger partial charge in [-0.2, -0.15) is 23.4 Å². The number of anilines is 1. The van der Waals surface area contributed by atoms with Crippen LogP contribution in [0.15, 0.2) is 58.5 Å². The molecule has 0 unspecified atom stereocenters. The van der Waals surface area contributed by atoms with Crippen molar-refractivity contribution in [2.45, 2.75) is 22.6 Å². The number of hydrogen-bond donors (Lipinski definition) is 0. The van der Waals surface area contributed by atoms with Crippen LogP contribution in [0, 0.1) is 15.2 Å².